The van der Waals surface area contributed by atoms with Gasteiger partial charge < -0.3 is 19.3 Å². The predicted octanol–water partition coefficient (Wildman–Crippen LogP) is 3.31. The third kappa shape index (κ3) is 3.86. The molecule has 2 aliphatic heterocycles. The van der Waals surface area contributed by atoms with Crippen molar-refractivity contribution < 1.29 is 24.0 Å². The van der Waals surface area contributed by atoms with Crippen LogP contribution < -0.4 is 14.4 Å². The lowest BCUT2D eigenvalue weighted by molar-refractivity contribution is -0.384. The molecular weight excluding hydrogens is 414 g/mol. The maximum Gasteiger partial charge on any atom is 0.293 e. The van der Waals surface area contributed by atoms with Crippen LogP contribution in [-0.4, -0.2) is 61.4 Å². The molecule has 0 radical (unpaired) electrons. The van der Waals surface area contributed by atoms with Crippen molar-refractivity contribution in [1.82, 2.24) is 4.90 Å². The number of methoxy groups -OCH3 is 1. The number of Topliss-reactive ketones (excluding diaryl/α,β-unsaturated/α-hetero) is 1. The summed E-state index contributed by atoms with van der Waals surface area (Å²) in [5.74, 6) is 0.875. The van der Waals surface area contributed by atoms with E-state index in [1.807, 2.05) is 0 Å². The summed E-state index contributed by atoms with van der Waals surface area (Å²) in [4.78, 5) is 40.0. The molecule has 4 rings (SSSR count). The number of nitro groups is 1. The molecule has 1 fully saturated rings. The third-order valence-electron chi connectivity index (χ3n) is 6.16. The molecule has 0 aromatic heterocycles. The minimum Gasteiger partial charge on any atom is -0.497 e. The number of nitrogens with zero attached hydrogens (tertiary/aromatic N) is 3. The summed E-state index contributed by atoms with van der Waals surface area (Å²) >= 11 is 0. The van der Waals surface area contributed by atoms with Crippen molar-refractivity contribution in [2.45, 2.75) is 24.9 Å². The lowest BCUT2D eigenvalue weighted by Gasteiger charge is -2.44. The molecule has 168 valence electrons. The van der Waals surface area contributed by atoms with E-state index in [-0.39, 0.29) is 29.4 Å². The Kier molecular flexibility index (Phi) is 5.50. The molecule has 1 spiro atoms. The zero-order chi connectivity index (χ0) is 23.0. The van der Waals surface area contributed by atoms with Crippen molar-refractivity contribution in [2.75, 3.05) is 39.2 Å². The molecule has 0 aliphatic carbocycles. The number of amides is 1. The highest BCUT2D eigenvalue weighted by Crippen LogP contribution is 2.41. The van der Waals surface area contributed by atoms with Crippen molar-refractivity contribution in [2.24, 2.45) is 0 Å². The minimum absolute atomic E-state index is 0.0172. The minimum atomic E-state index is -0.659. The van der Waals surface area contributed by atoms with E-state index in [1.165, 1.54) is 6.07 Å². The van der Waals surface area contributed by atoms with E-state index in [2.05, 4.69) is 0 Å². The number of hydrogen-bond donors (Lipinski definition) is 0. The fourth-order valence-electron chi connectivity index (χ4n) is 4.36. The quantitative estimate of drug-likeness (QED) is 0.532. The van der Waals surface area contributed by atoms with Crippen molar-refractivity contribution in [1.29, 1.82) is 0 Å². The number of anilines is 1. The highest BCUT2D eigenvalue weighted by molar-refractivity contribution is 6.00. The van der Waals surface area contributed by atoms with Gasteiger partial charge in [-0.3, -0.25) is 19.7 Å². The predicted molar refractivity (Wildman–Crippen MR) is 118 cm³/mol. The Balaban J connectivity index is 1.50. The highest BCUT2D eigenvalue weighted by Gasteiger charge is 2.44. The maximum absolute atomic E-state index is 13.0. The molecule has 0 unspecified atom stereocenters. The molecule has 0 saturated carbocycles. The molecule has 1 amide bonds. The second-order valence-corrected chi connectivity index (χ2v) is 8.39. The summed E-state index contributed by atoms with van der Waals surface area (Å²) in [5.41, 5.74) is 0.485. The van der Waals surface area contributed by atoms with Gasteiger partial charge in [0, 0.05) is 57.7 Å². The van der Waals surface area contributed by atoms with E-state index < -0.39 is 10.5 Å². The number of rotatable bonds is 4. The van der Waals surface area contributed by atoms with Gasteiger partial charge >= 0.3 is 0 Å². The van der Waals surface area contributed by atoms with Crippen molar-refractivity contribution >= 4 is 23.1 Å². The number of benzene rings is 2. The zero-order valence-corrected chi connectivity index (χ0v) is 18.3. The van der Waals surface area contributed by atoms with Gasteiger partial charge in [-0.15, -0.1) is 0 Å². The summed E-state index contributed by atoms with van der Waals surface area (Å²) in [6.07, 6.45) is 1.26. The Bertz CT molecular complexity index is 1090. The first kappa shape index (κ1) is 21.6. The van der Waals surface area contributed by atoms with Crippen molar-refractivity contribution in [3.8, 4) is 11.5 Å². The van der Waals surface area contributed by atoms with E-state index in [0.29, 0.717) is 48.7 Å². The van der Waals surface area contributed by atoms with E-state index in [9.17, 15) is 19.7 Å². The van der Waals surface area contributed by atoms with Crippen LogP contribution in [0.15, 0.2) is 36.4 Å². The first-order valence-corrected chi connectivity index (χ1v) is 10.4. The van der Waals surface area contributed by atoms with Gasteiger partial charge in [0.1, 0.15) is 22.8 Å². The molecule has 9 nitrogen and oxygen atoms in total. The average molecular weight is 439 g/mol. The Morgan fingerprint density at radius 2 is 1.91 bits per heavy atom. The Hall–Kier alpha value is -3.62. The van der Waals surface area contributed by atoms with Crippen LogP contribution >= 0.6 is 0 Å². The van der Waals surface area contributed by atoms with E-state index in [4.69, 9.17) is 9.47 Å². The van der Waals surface area contributed by atoms with Crippen LogP contribution in [-0.2, 0) is 0 Å². The summed E-state index contributed by atoms with van der Waals surface area (Å²) in [7, 11) is 4.99. The van der Waals surface area contributed by atoms with Crippen molar-refractivity contribution in [3.05, 3.63) is 57.6 Å². The lowest BCUT2D eigenvalue weighted by Crippen LogP contribution is -2.52. The van der Waals surface area contributed by atoms with Crippen LogP contribution in [0, 0.1) is 10.1 Å². The first-order chi connectivity index (χ1) is 15.2. The number of piperidine rings is 1. The number of fused-ring (bicyclic) bond motifs is 1. The van der Waals surface area contributed by atoms with Gasteiger partial charge in [-0.05, 0) is 24.3 Å². The summed E-state index contributed by atoms with van der Waals surface area (Å²) in [5, 5.41) is 11.5. The molecule has 2 heterocycles. The van der Waals surface area contributed by atoms with Gasteiger partial charge in [-0.2, -0.15) is 0 Å². The molecule has 0 N–H and O–H groups in total. The Morgan fingerprint density at radius 1 is 1.19 bits per heavy atom. The van der Waals surface area contributed by atoms with E-state index in [1.54, 1.807) is 61.3 Å². The molecule has 9 heteroatoms. The fourth-order valence-corrected chi connectivity index (χ4v) is 4.36. The fraction of sp³-hybridized carbons (Fsp3) is 0.391. The van der Waals surface area contributed by atoms with Gasteiger partial charge in [-0.1, -0.05) is 0 Å². The molecule has 2 aromatic carbocycles. The van der Waals surface area contributed by atoms with Crippen LogP contribution in [0.1, 0.15) is 40.0 Å². The number of nitro benzene ring substituents is 1. The topological polar surface area (TPSA) is 102 Å². The van der Waals surface area contributed by atoms with Gasteiger partial charge in [0.15, 0.2) is 5.78 Å². The van der Waals surface area contributed by atoms with Crippen LogP contribution in [0.25, 0.3) is 0 Å². The van der Waals surface area contributed by atoms with Crippen LogP contribution in [0.5, 0.6) is 11.5 Å². The number of ketones is 1. The number of hydrogen-bond acceptors (Lipinski definition) is 7. The molecule has 2 aromatic rings. The van der Waals surface area contributed by atoms with E-state index in [0.717, 1.165) is 0 Å². The lowest BCUT2D eigenvalue weighted by atomic mass is 9.82. The second kappa shape index (κ2) is 8.14. The molecule has 0 bridgehead atoms. The van der Waals surface area contributed by atoms with Gasteiger partial charge in [0.25, 0.3) is 11.6 Å². The molecule has 32 heavy (non-hydrogen) atoms. The summed E-state index contributed by atoms with van der Waals surface area (Å²) in [6, 6.07) is 9.69. The molecular formula is C23H25N3O6. The van der Waals surface area contributed by atoms with Gasteiger partial charge in [0.2, 0.25) is 0 Å². The third-order valence-corrected chi connectivity index (χ3v) is 6.16. The number of likely N-dealkylation sites (tertiary alicyclic amines) is 1. The maximum atomic E-state index is 13.0. The molecule has 0 atom stereocenters. The van der Waals surface area contributed by atoms with Crippen molar-refractivity contribution in [3.63, 3.8) is 0 Å². The second-order valence-electron chi connectivity index (χ2n) is 8.39. The standard InChI is InChI=1S/C23H25N3O6/c1-24(2)18-7-4-15(12-19(18)26(29)30)22(28)25-10-8-23(9-11-25)14-20(27)17-6-5-16(31-3)13-21(17)32-23/h4-7,12-13H,8-11,14H2,1-3H3. The normalized spacial score (nSPS) is 16.8. The number of carbonyl (C=O) groups is 2. The molecule has 1 saturated heterocycles. The average Bonchev–Trinajstić information content (AvgIpc) is 2.78. The number of carbonyl (C=O) groups excluding carboxylic acids is 2. The monoisotopic (exact) mass is 439 g/mol. The summed E-state index contributed by atoms with van der Waals surface area (Å²) < 4.78 is 11.5. The van der Waals surface area contributed by atoms with Crippen LogP contribution in [0.4, 0.5) is 11.4 Å². The number of ether oxygens (including phenoxy) is 2. The van der Waals surface area contributed by atoms with Crippen LogP contribution in [0.3, 0.4) is 0 Å². The highest BCUT2D eigenvalue weighted by atomic mass is 16.6. The van der Waals surface area contributed by atoms with Crippen LogP contribution in [0.2, 0.25) is 0 Å². The largest absolute Gasteiger partial charge is 0.497 e. The Morgan fingerprint density at radius 3 is 2.53 bits per heavy atom. The summed E-state index contributed by atoms with van der Waals surface area (Å²) in [6.45, 7) is 0.795. The zero-order valence-electron chi connectivity index (χ0n) is 18.3. The Labute approximate surface area is 185 Å². The van der Waals surface area contributed by atoms with Gasteiger partial charge in [-0.25, -0.2) is 0 Å². The first-order valence-electron chi connectivity index (χ1n) is 10.4. The van der Waals surface area contributed by atoms with E-state index >= 15 is 0 Å². The van der Waals surface area contributed by atoms with Gasteiger partial charge in [0.05, 0.1) is 24.0 Å². The SMILES string of the molecule is COc1ccc2c(c1)OC1(CCN(C(=O)c3ccc(N(C)C)c([N+](=O)[O-])c3)CC1)CC2=O. The smallest absolute Gasteiger partial charge is 0.293 e. The molecule has 2 aliphatic rings.